The van der Waals surface area contributed by atoms with Gasteiger partial charge in [-0.2, -0.15) is 0 Å². The van der Waals surface area contributed by atoms with Crippen molar-refractivity contribution in [2.75, 3.05) is 50.5 Å². The molecule has 0 bridgehead atoms. The van der Waals surface area contributed by atoms with Crippen molar-refractivity contribution in [1.82, 2.24) is 25.2 Å². The number of carbonyl (C=O) groups excluding carboxylic acids is 1. The number of anilines is 3. The maximum atomic E-state index is 15.1. The summed E-state index contributed by atoms with van der Waals surface area (Å²) >= 11 is 0. The Kier molecular flexibility index (Phi) is 7.55. The molecule has 0 unspecified atom stereocenters. The molecule has 0 saturated carbocycles. The van der Waals surface area contributed by atoms with E-state index in [-0.39, 0.29) is 11.7 Å². The zero-order valence-corrected chi connectivity index (χ0v) is 22.1. The van der Waals surface area contributed by atoms with Crippen LogP contribution in [0.15, 0.2) is 48.8 Å². The number of rotatable bonds is 8. The zero-order chi connectivity index (χ0) is 26.6. The largest absolute Gasteiger partial charge is 0.369 e. The van der Waals surface area contributed by atoms with Crippen LogP contribution in [0, 0.1) is 12.7 Å². The average Bonchev–Trinajstić information content (AvgIpc) is 3.32. The van der Waals surface area contributed by atoms with Crippen LogP contribution in [-0.4, -0.2) is 66.0 Å². The summed E-state index contributed by atoms with van der Waals surface area (Å²) < 4.78 is 15.1. The Hall–Kier alpha value is -3.98. The Morgan fingerprint density at radius 1 is 1.08 bits per heavy atom. The third-order valence-electron chi connectivity index (χ3n) is 6.97. The molecule has 9 heteroatoms. The Balaban J connectivity index is 1.33. The fourth-order valence-electron chi connectivity index (χ4n) is 4.96. The van der Waals surface area contributed by atoms with Crippen molar-refractivity contribution in [3.05, 3.63) is 77.1 Å². The number of aromatic nitrogens is 3. The molecule has 1 aliphatic heterocycles. The van der Waals surface area contributed by atoms with Gasteiger partial charge in [-0.15, -0.1) is 0 Å². The van der Waals surface area contributed by atoms with Gasteiger partial charge in [0.25, 0.3) is 5.91 Å². The van der Waals surface area contributed by atoms with E-state index >= 15 is 4.39 Å². The van der Waals surface area contributed by atoms with Gasteiger partial charge in [0, 0.05) is 68.2 Å². The highest BCUT2D eigenvalue weighted by Gasteiger charge is 2.21. The second kappa shape index (κ2) is 11.2. The van der Waals surface area contributed by atoms with Crippen LogP contribution in [0.1, 0.15) is 33.7 Å². The lowest BCUT2D eigenvalue weighted by molar-refractivity contribution is 0.0826. The number of H-pyrrole nitrogens is 1. The first-order chi connectivity index (χ1) is 18.4. The molecule has 3 heterocycles. The molecule has 1 amide bonds. The first-order valence-electron chi connectivity index (χ1n) is 13.1. The van der Waals surface area contributed by atoms with Gasteiger partial charge >= 0.3 is 0 Å². The lowest BCUT2D eigenvalue weighted by Gasteiger charge is -2.29. The second-order valence-corrected chi connectivity index (χ2v) is 9.96. The molecule has 38 heavy (non-hydrogen) atoms. The standard InChI is InChI=1S/C29H34FN7O/c1-19-17-23-24(34-19)12-7-20(27(23)30)5-4-6-25-26(29(38)36(2)3)28(33-18-32-25)35-21-8-10-22(11-9-21)37-15-13-31-14-16-37/h7-12,17-18,31,34H,4-6,13-16H2,1-3H3,(H,32,33,35). The maximum Gasteiger partial charge on any atom is 0.258 e. The van der Waals surface area contributed by atoms with Gasteiger partial charge in [0.15, 0.2) is 0 Å². The number of hydrogen-bond acceptors (Lipinski definition) is 6. The zero-order valence-electron chi connectivity index (χ0n) is 22.1. The molecule has 2 aromatic carbocycles. The number of amides is 1. The first kappa shape index (κ1) is 25.7. The molecular weight excluding hydrogens is 481 g/mol. The van der Waals surface area contributed by atoms with E-state index in [2.05, 4.69) is 42.6 Å². The van der Waals surface area contributed by atoms with E-state index in [4.69, 9.17) is 0 Å². The normalized spacial score (nSPS) is 13.6. The highest BCUT2D eigenvalue weighted by atomic mass is 19.1. The van der Waals surface area contributed by atoms with Crippen LogP contribution < -0.4 is 15.5 Å². The van der Waals surface area contributed by atoms with E-state index in [0.29, 0.717) is 47.3 Å². The number of hydrogen-bond donors (Lipinski definition) is 3. The molecule has 1 aliphatic rings. The molecule has 0 spiro atoms. The summed E-state index contributed by atoms with van der Waals surface area (Å²) in [5.74, 6) is 0.112. The fraction of sp³-hybridized carbons (Fsp3) is 0.345. The summed E-state index contributed by atoms with van der Waals surface area (Å²) in [6.45, 7) is 5.83. The van der Waals surface area contributed by atoms with E-state index in [0.717, 1.165) is 43.1 Å². The van der Waals surface area contributed by atoms with E-state index in [9.17, 15) is 4.79 Å². The smallest absolute Gasteiger partial charge is 0.258 e. The third kappa shape index (κ3) is 5.47. The lowest BCUT2D eigenvalue weighted by Crippen LogP contribution is -2.43. The molecule has 4 aromatic rings. The molecule has 2 aromatic heterocycles. The summed E-state index contributed by atoms with van der Waals surface area (Å²) in [5, 5.41) is 7.31. The van der Waals surface area contributed by atoms with Crippen LogP contribution in [0.5, 0.6) is 0 Å². The number of carbonyl (C=O) groups is 1. The van der Waals surface area contributed by atoms with Crippen LogP contribution in [0.3, 0.4) is 0 Å². The van der Waals surface area contributed by atoms with E-state index in [1.165, 1.54) is 16.9 Å². The SMILES string of the molecule is Cc1cc2c(F)c(CCCc3ncnc(Nc4ccc(N5CCNCC5)cc4)c3C(=O)N(C)C)ccc2[nH]1. The summed E-state index contributed by atoms with van der Waals surface area (Å²) in [5.41, 5.74) is 5.51. The minimum absolute atomic E-state index is 0.170. The van der Waals surface area contributed by atoms with Crippen molar-refractivity contribution in [2.45, 2.75) is 26.2 Å². The number of fused-ring (bicyclic) bond motifs is 1. The van der Waals surface area contributed by atoms with Gasteiger partial charge in [-0.05, 0) is 68.1 Å². The molecule has 1 fully saturated rings. The van der Waals surface area contributed by atoms with E-state index in [1.807, 2.05) is 37.3 Å². The van der Waals surface area contributed by atoms with Crippen molar-refractivity contribution in [3.63, 3.8) is 0 Å². The van der Waals surface area contributed by atoms with Crippen LogP contribution in [0.25, 0.3) is 10.9 Å². The molecule has 5 rings (SSSR count). The monoisotopic (exact) mass is 515 g/mol. The molecular formula is C29H34FN7O. The Labute approximate surface area is 222 Å². The predicted octanol–water partition coefficient (Wildman–Crippen LogP) is 4.44. The topological polar surface area (TPSA) is 89.2 Å². The van der Waals surface area contributed by atoms with Gasteiger partial charge in [-0.3, -0.25) is 4.79 Å². The van der Waals surface area contributed by atoms with Crippen molar-refractivity contribution >= 4 is 34.0 Å². The number of aryl methyl sites for hydroxylation is 3. The van der Waals surface area contributed by atoms with Crippen LogP contribution in [0.2, 0.25) is 0 Å². The lowest BCUT2D eigenvalue weighted by atomic mass is 10.0. The average molecular weight is 516 g/mol. The van der Waals surface area contributed by atoms with Gasteiger partial charge in [-0.25, -0.2) is 14.4 Å². The minimum atomic E-state index is -0.189. The van der Waals surface area contributed by atoms with Crippen LogP contribution >= 0.6 is 0 Å². The van der Waals surface area contributed by atoms with Crippen molar-refractivity contribution in [1.29, 1.82) is 0 Å². The number of nitrogens with zero attached hydrogens (tertiary/aromatic N) is 4. The van der Waals surface area contributed by atoms with Gasteiger partial charge in [0.1, 0.15) is 23.5 Å². The fourth-order valence-corrected chi connectivity index (χ4v) is 4.96. The Morgan fingerprint density at radius 3 is 2.58 bits per heavy atom. The quantitative estimate of drug-likeness (QED) is 0.322. The van der Waals surface area contributed by atoms with Gasteiger partial charge in [0.05, 0.1) is 5.69 Å². The molecule has 0 radical (unpaired) electrons. The van der Waals surface area contributed by atoms with Gasteiger partial charge in [0.2, 0.25) is 0 Å². The number of nitrogens with one attached hydrogen (secondary N) is 3. The maximum absolute atomic E-state index is 15.1. The first-order valence-corrected chi connectivity index (χ1v) is 13.1. The summed E-state index contributed by atoms with van der Waals surface area (Å²) in [7, 11) is 3.43. The number of piperazine rings is 1. The summed E-state index contributed by atoms with van der Waals surface area (Å²) in [6.07, 6.45) is 3.20. The summed E-state index contributed by atoms with van der Waals surface area (Å²) in [4.78, 5) is 29.1. The molecule has 3 N–H and O–H groups in total. The minimum Gasteiger partial charge on any atom is -0.369 e. The predicted molar refractivity (Wildman–Crippen MR) is 150 cm³/mol. The van der Waals surface area contributed by atoms with E-state index in [1.54, 1.807) is 14.1 Å². The number of aromatic amines is 1. The van der Waals surface area contributed by atoms with Crippen LogP contribution in [0.4, 0.5) is 21.6 Å². The molecule has 198 valence electrons. The Morgan fingerprint density at radius 2 is 1.84 bits per heavy atom. The molecule has 0 aliphatic carbocycles. The Bertz CT molecular complexity index is 1430. The van der Waals surface area contributed by atoms with Crippen molar-refractivity contribution < 1.29 is 9.18 Å². The third-order valence-corrected chi connectivity index (χ3v) is 6.97. The highest BCUT2D eigenvalue weighted by molar-refractivity contribution is 6.00. The molecule has 1 saturated heterocycles. The van der Waals surface area contributed by atoms with Gasteiger partial charge < -0.3 is 25.4 Å². The molecule has 0 atom stereocenters. The summed E-state index contributed by atoms with van der Waals surface area (Å²) in [6, 6.07) is 13.8. The number of benzene rings is 2. The van der Waals surface area contributed by atoms with E-state index < -0.39 is 0 Å². The van der Waals surface area contributed by atoms with Crippen molar-refractivity contribution in [2.24, 2.45) is 0 Å². The highest BCUT2D eigenvalue weighted by Crippen LogP contribution is 2.26. The molecule has 8 nitrogen and oxygen atoms in total. The number of halogens is 1. The van der Waals surface area contributed by atoms with Gasteiger partial charge in [-0.1, -0.05) is 6.07 Å². The van der Waals surface area contributed by atoms with Crippen LogP contribution in [-0.2, 0) is 12.8 Å². The second-order valence-electron chi connectivity index (χ2n) is 9.96. The van der Waals surface area contributed by atoms with Crippen molar-refractivity contribution in [3.8, 4) is 0 Å².